The normalized spacial score (nSPS) is 10.9. The molecule has 0 aliphatic heterocycles. The SMILES string of the molecule is CN(C)C(=O)NCCNS(=O)(=O)c1cnc(NN)nc1. The number of amides is 2. The molecule has 0 aliphatic carbocycles. The van der Waals surface area contributed by atoms with E-state index in [0.29, 0.717) is 0 Å². The van der Waals surface area contributed by atoms with Crippen molar-refractivity contribution in [3.05, 3.63) is 12.4 Å². The molecule has 0 aromatic carbocycles. The summed E-state index contributed by atoms with van der Waals surface area (Å²) in [5.41, 5.74) is 2.19. The van der Waals surface area contributed by atoms with Crippen molar-refractivity contribution in [1.29, 1.82) is 0 Å². The summed E-state index contributed by atoms with van der Waals surface area (Å²) in [6, 6.07) is -0.300. The van der Waals surface area contributed by atoms with Crippen molar-refractivity contribution in [2.45, 2.75) is 4.90 Å². The van der Waals surface area contributed by atoms with Gasteiger partial charge in [-0.25, -0.2) is 33.7 Å². The van der Waals surface area contributed by atoms with E-state index in [1.54, 1.807) is 14.1 Å². The van der Waals surface area contributed by atoms with E-state index < -0.39 is 10.0 Å². The van der Waals surface area contributed by atoms with Gasteiger partial charge >= 0.3 is 6.03 Å². The maximum absolute atomic E-state index is 11.8. The van der Waals surface area contributed by atoms with Crippen molar-refractivity contribution in [2.24, 2.45) is 5.84 Å². The Morgan fingerprint density at radius 1 is 1.30 bits per heavy atom. The lowest BCUT2D eigenvalue weighted by molar-refractivity contribution is 0.217. The minimum absolute atomic E-state index is 0.0544. The number of nitrogens with zero attached hydrogens (tertiary/aromatic N) is 3. The predicted molar refractivity (Wildman–Crippen MR) is 72.1 cm³/mol. The van der Waals surface area contributed by atoms with E-state index in [0.717, 1.165) is 12.4 Å². The van der Waals surface area contributed by atoms with Gasteiger partial charge in [-0.3, -0.25) is 5.43 Å². The Kier molecular flexibility index (Phi) is 5.61. The van der Waals surface area contributed by atoms with E-state index >= 15 is 0 Å². The molecule has 0 fully saturated rings. The van der Waals surface area contributed by atoms with E-state index in [-0.39, 0.29) is 30.0 Å². The van der Waals surface area contributed by atoms with Crippen LogP contribution in [0.3, 0.4) is 0 Å². The van der Waals surface area contributed by atoms with Gasteiger partial charge in [0.25, 0.3) is 0 Å². The molecule has 0 bridgehead atoms. The van der Waals surface area contributed by atoms with Crippen LogP contribution in [0.2, 0.25) is 0 Å². The molecule has 0 radical (unpaired) electrons. The van der Waals surface area contributed by atoms with Gasteiger partial charge in [0.1, 0.15) is 4.90 Å². The fourth-order valence-corrected chi connectivity index (χ4v) is 2.05. The van der Waals surface area contributed by atoms with Crippen molar-refractivity contribution in [3.63, 3.8) is 0 Å². The van der Waals surface area contributed by atoms with Crippen LogP contribution >= 0.6 is 0 Å². The third-order valence-electron chi connectivity index (χ3n) is 2.17. The molecule has 10 nitrogen and oxygen atoms in total. The highest BCUT2D eigenvalue weighted by atomic mass is 32.2. The van der Waals surface area contributed by atoms with E-state index in [2.05, 4.69) is 25.4 Å². The topological polar surface area (TPSA) is 142 Å². The fourth-order valence-electron chi connectivity index (χ4n) is 1.13. The molecule has 0 aliphatic rings. The minimum Gasteiger partial charge on any atom is -0.337 e. The molecule has 0 atom stereocenters. The molecule has 2 amide bonds. The quantitative estimate of drug-likeness (QED) is 0.279. The summed E-state index contributed by atoms with van der Waals surface area (Å²) in [6.07, 6.45) is 2.26. The second-order valence-corrected chi connectivity index (χ2v) is 5.68. The molecule has 1 heterocycles. The summed E-state index contributed by atoms with van der Waals surface area (Å²) in [5, 5.41) is 2.53. The summed E-state index contributed by atoms with van der Waals surface area (Å²) >= 11 is 0. The van der Waals surface area contributed by atoms with Gasteiger partial charge in [0.15, 0.2) is 0 Å². The van der Waals surface area contributed by atoms with Gasteiger partial charge in [-0.05, 0) is 0 Å². The second kappa shape index (κ2) is 6.98. The number of anilines is 1. The number of hydrogen-bond acceptors (Lipinski definition) is 7. The number of hydrazine groups is 1. The first kappa shape index (κ1) is 16.1. The van der Waals surface area contributed by atoms with Gasteiger partial charge in [-0.15, -0.1) is 0 Å². The average Bonchev–Trinajstić information content (AvgIpc) is 2.43. The summed E-state index contributed by atoms with van der Waals surface area (Å²) in [6.45, 7) is 0.221. The zero-order valence-corrected chi connectivity index (χ0v) is 11.9. The Labute approximate surface area is 116 Å². The first-order valence-electron chi connectivity index (χ1n) is 5.60. The van der Waals surface area contributed by atoms with Crippen LogP contribution in [0.4, 0.5) is 10.7 Å². The third-order valence-corrected chi connectivity index (χ3v) is 3.58. The van der Waals surface area contributed by atoms with Crippen molar-refractivity contribution >= 4 is 22.0 Å². The summed E-state index contributed by atoms with van der Waals surface area (Å²) in [5.74, 6) is 5.19. The summed E-state index contributed by atoms with van der Waals surface area (Å²) in [4.78, 5) is 19.9. The monoisotopic (exact) mass is 303 g/mol. The van der Waals surface area contributed by atoms with E-state index in [1.165, 1.54) is 4.90 Å². The van der Waals surface area contributed by atoms with Crippen LogP contribution in [0.15, 0.2) is 17.3 Å². The molecule has 1 aromatic rings. The van der Waals surface area contributed by atoms with Crippen LogP contribution in [0.1, 0.15) is 0 Å². The number of nitrogens with one attached hydrogen (secondary N) is 3. The van der Waals surface area contributed by atoms with Crippen molar-refractivity contribution < 1.29 is 13.2 Å². The average molecular weight is 303 g/mol. The van der Waals surface area contributed by atoms with Crippen molar-refractivity contribution in [3.8, 4) is 0 Å². The van der Waals surface area contributed by atoms with Crippen LogP contribution in [0.25, 0.3) is 0 Å². The van der Waals surface area contributed by atoms with Gasteiger partial charge in [0.2, 0.25) is 16.0 Å². The zero-order chi connectivity index (χ0) is 15.2. The molecule has 0 saturated heterocycles. The highest BCUT2D eigenvalue weighted by Crippen LogP contribution is 2.05. The lowest BCUT2D eigenvalue weighted by atomic mass is 10.6. The number of carbonyl (C=O) groups is 1. The molecule has 1 rings (SSSR count). The molecule has 0 saturated carbocycles. The van der Waals surface area contributed by atoms with Crippen LogP contribution < -0.4 is 21.3 Å². The maximum atomic E-state index is 11.8. The van der Waals surface area contributed by atoms with Crippen molar-refractivity contribution in [1.82, 2.24) is 24.9 Å². The number of nitrogens with two attached hydrogens (primary N) is 1. The second-order valence-electron chi connectivity index (χ2n) is 3.91. The molecular formula is C9H17N7O3S. The lowest BCUT2D eigenvalue weighted by Gasteiger charge is -2.12. The van der Waals surface area contributed by atoms with Crippen LogP contribution in [0, 0.1) is 0 Å². The molecule has 1 aromatic heterocycles. The molecule has 0 unspecified atom stereocenters. The highest BCUT2D eigenvalue weighted by molar-refractivity contribution is 7.89. The molecular weight excluding hydrogens is 286 g/mol. The maximum Gasteiger partial charge on any atom is 0.316 e. The molecule has 112 valence electrons. The van der Waals surface area contributed by atoms with E-state index in [1.807, 2.05) is 0 Å². The van der Waals surface area contributed by atoms with Gasteiger partial charge in [-0.2, -0.15) is 0 Å². The molecule has 20 heavy (non-hydrogen) atoms. The first-order chi connectivity index (χ1) is 9.36. The van der Waals surface area contributed by atoms with Crippen molar-refractivity contribution in [2.75, 3.05) is 32.6 Å². The third kappa shape index (κ3) is 4.60. The van der Waals surface area contributed by atoms with Crippen LogP contribution in [-0.4, -0.2) is 56.5 Å². The lowest BCUT2D eigenvalue weighted by Crippen LogP contribution is -2.39. The first-order valence-corrected chi connectivity index (χ1v) is 7.08. The van der Waals surface area contributed by atoms with E-state index in [9.17, 15) is 13.2 Å². The smallest absolute Gasteiger partial charge is 0.316 e. The van der Waals surface area contributed by atoms with Crippen LogP contribution in [0.5, 0.6) is 0 Å². The van der Waals surface area contributed by atoms with Gasteiger partial charge in [-0.1, -0.05) is 0 Å². The number of nitrogen functional groups attached to an aromatic ring is 1. The Morgan fingerprint density at radius 2 is 1.90 bits per heavy atom. The number of hydrogen-bond donors (Lipinski definition) is 4. The largest absolute Gasteiger partial charge is 0.337 e. The summed E-state index contributed by atoms with van der Waals surface area (Å²) < 4.78 is 26.0. The van der Waals surface area contributed by atoms with Gasteiger partial charge < -0.3 is 10.2 Å². The Hall–Kier alpha value is -1.98. The van der Waals surface area contributed by atoms with Gasteiger partial charge in [0, 0.05) is 27.2 Å². The number of sulfonamides is 1. The van der Waals surface area contributed by atoms with E-state index in [4.69, 9.17) is 5.84 Å². The van der Waals surface area contributed by atoms with Crippen LogP contribution in [-0.2, 0) is 10.0 Å². The van der Waals surface area contributed by atoms with Gasteiger partial charge in [0.05, 0.1) is 12.4 Å². The molecule has 0 spiro atoms. The fraction of sp³-hybridized carbons (Fsp3) is 0.444. The molecule has 5 N–H and O–H groups in total. The number of aromatic nitrogens is 2. The zero-order valence-electron chi connectivity index (χ0n) is 11.1. The highest BCUT2D eigenvalue weighted by Gasteiger charge is 2.14. The minimum atomic E-state index is -3.71. The summed E-state index contributed by atoms with van der Waals surface area (Å²) in [7, 11) is -0.538. The predicted octanol–water partition coefficient (Wildman–Crippen LogP) is -1.69. The Bertz CT molecular complexity index is 543. The Balaban J connectivity index is 2.51. The number of carbonyl (C=O) groups excluding carboxylic acids is 1. The number of rotatable bonds is 6. The Morgan fingerprint density at radius 3 is 2.40 bits per heavy atom. The standard InChI is InChI=1S/C9H17N7O3S/c1-16(2)9(17)11-3-4-14-20(18,19)7-5-12-8(15-10)13-6-7/h5-6,14H,3-4,10H2,1-2H3,(H,11,17)(H,12,13,15). The molecule has 11 heteroatoms. The number of urea groups is 1.